The smallest absolute Gasteiger partial charge is 0.382 e. The van der Waals surface area contributed by atoms with Crippen molar-refractivity contribution in [1.29, 1.82) is 0 Å². The minimum Gasteiger partial charge on any atom is -0.499 e. The predicted octanol–water partition coefficient (Wildman–Crippen LogP) is 6.31. The summed E-state index contributed by atoms with van der Waals surface area (Å²) in [4.78, 5) is 12.0. The summed E-state index contributed by atoms with van der Waals surface area (Å²) in [5, 5.41) is 10.8. The Morgan fingerprint density at radius 1 is 1.10 bits per heavy atom. The molecule has 30 heavy (non-hydrogen) atoms. The predicted molar refractivity (Wildman–Crippen MR) is 122 cm³/mol. The summed E-state index contributed by atoms with van der Waals surface area (Å²) >= 11 is 0. The molecule has 0 saturated heterocycles. The van der Waals surface area contributed by atoms with E-state index in [9.17, 15) is 9.90 Å². The molecule has 2 aromatic rings. The van der Waals surface area contributed by atoms with Crippen LogP contribution in [0.5, 0.6) is 17.2 Å². The monoisotopic (exact) mass is 412 g/mol. The quantitative estimate of drug-likeness (QED) is 0.266. The molecule has 162 valence electrons. The second kappa shape index (κ2) is 11.9. The molecule has 0 fully saturated rings. The van der Waals surface area contributed by atoms with E-state index in [0.717, 1.165) is 25.7 Å². The van der Waals surface area contributed by atoms with Crippen LogP contribution in [0, 0.1) is 0 Å². The van der Waals surface area contributed by atoms with Crippen LogP contribution in [0.15, 0.2) is 62.9 Å². The number of fused-ring (bicyclic) bond motifs is 1. The minimum atomic E-state index is -0.829. The summed E-state index contributed by atoms with van der Waals surface area (Å²) in [5.41, 5.74) is 1.96. The summed E-state index contributed by atoms with van der Waals surface area (Å²) in [5.74, 6) is 0.0602. The van der Waals surface area contributed by atoms with Gasteiger partial charge in [0.15, 0.2) is 5.75 Å². The number of hydrogen-bond donors (Lipinski definition) is 1. The van der Waals surface area contributed by atoms with Crippen LogP contribution in [0.3, 0.4) is 0 Å². The van der Waals surface area contributed by atoms with Gasteiger partial charge in [0.1, 0.15) is 23.3 Å². The van der Waals surface area contributed by atoms with Crippen LogP contribution in [0.25, 0.3) is 11.0 Å². The Hall–Kier alpha value is -2.95. The molecule has 1 N–H and O–H groups in total. The Kier molecular flexibility index (Phi) is 9.26. The molecule has 1 heterocycles. The molecular formula is C25H32O5. The highest BCUT2D eigenvalue weighted by molar-refractivity contribution is 5.91. The lowest BCUT2D eigenvalue weighted by Gasteiger charge is -2.13. The van der Waals surface area contributed by atoms with E-state index in [1.807, 2.05) is 13.0 Å². The molecule has 0 amide bonds. The maximum Gasteiger partial charge on any atom is 0.382 e. The maximum atomic E-state index is 12.0. The van der Waals surface area contributed by atoms with Gasteiger partial charge in [-0.3, -0.25) is 0 Å². The van der Waals surface area contributed by atoms with Gasteiger partial charge in [-0.2, -0.15) is 0 Å². The average Bonchev–Trinajstić information content (AvgIpc) is 2.70. The number of ether oxygens (including phenoxy) is 2. The first-order chi connectivity index (χ1) is 14.4. The van der Waals surface area contributed by atoms with Crippen molar-refractivity contribution in [2.24, 2.45) is 0 Å². The highest BCUT2D eigenvalue weighted by Gasteiger charge is 2.19. The lowest BCUT2D eigenvalue weighted by molar-refractivity contribution is 0.314. The average molecular weight is 413 g/mol. The molecule has 0 aliphatic rings. The molecule has 1 aromatic carbocycles. The van der Waals surface area contributed by atoms with Crippen molar-refractivity contribution in [2.45, 2.75) is 53.4 Å². The number of allylic oxidation sites excluding steroid dienone is 4. The summed E-state index contributed by atoms with van der Waals surface area (Å²) < 4.78 is 16.9. The van der Waals surface area contributed by atoms with Crippen molar-refractivity contribution >= 4 is 11.0 Å². The van der Waals surface area contributed by atoms with Gasteiger partial charge >= 0.3 is 5.63 Å². The van der Waals surface area contributed by atoms with Gasteiger partial charge in [-0.25, -0.2) is 4.79 Å². The molecule has 0 spiro atoms. The van der Waals surface area contributed by atoms with Crippen LogP contribution in [-0.2, 0) is 0 Å². The van der Waals surface area contributed by atoms with Gasteiger partial charge in [-0.15, -0.1) is 0 Å². The number of rotatable bonds is 11. The van der Waals surface area contributed by atoms with Crippen molar-refractivity contribution in [3.63, 3.8) is 0 Å². The fourth-order valence-electron chi connectivity index (χ4n) is 2.92. The summed E-state index contributed by atoms with van der Waals surface area (Å²) in [6.45, 7) is 8.98. The van der Waals surface area contributed by atoms with Gasteiger partial charge in [-0.05, 0) is 64.7 Å². The molecule has 0 aliphatic heterocycles. The molecule has 1 aromatic heterocycles. The lowest BCUT2D eigenvalue weighted by Crippen LogP contribution is -2.05. The first kappa shape index (κ1) is 23.3. The maximum absolute atomic E-state index is 12.0. The van der Waals surface area contributed by atoms with Crippen molar-refractivity contribution in [1.82, 2.24) is 0 Å². The Labute approximate surface area is 178 Å². The van der Waals surface area contributed by atoms with Crippen molar-refractivity contribution in [3.05, 3.63) is 64.1 Å². The van der Waals surface area contributed by atoms with Crippen LogP contribution >= 0.6 is 0 Å². The standard InChI is InChI=1S/C25H32O5/c1-5-6-7-8-16-28-20-13-10-14-21-22(20)24(23(26)25(27)30-21)29-17-15-19(4)12-9-11-18(2)3/h6-7,10-11,13-15,26H,5,8-9,12,16-17H2,1-4H3/b7-6+,19-15+. The Morgan fingerprint density at radius 3 is 2.63 bits per heavy atom. The number of aromatic hydroxyl groups is 1. The van der Waals surface area contributed by atoms with Crippen LogP contribution in [0.1, 0.15) is 53.4 Å². The first-order valence-corrected chi connectivity index (χ1v) is 10.4. The van der Waals surface area contributed by atoms with E-state index in [1.165, 1.54) is 11.1 Å². The van der Waals surface area contributed by atoms with Crippen LogP contribution in [0.2, 0.25) is 0 Å². The van der Waals surface area contributed by atoms with Gasteiger partial charge in [0, 0.05) is 0 Å². The van der Waals surface area contributed by atoms with E-state index >= 15 is 0 Å². The molecule has 0 atom stereocenters. The Bertz CT molecular complexity index is 975. The number of hydrogen-bond acceptors (Lipinski definition) is 5. The summed E-state index contributed by atoms with van der Waals surface area (Å²) in [6, 6.07) is 5.18. The van der Waals surface area contributed by atoms with E-state index in [-0.39, 0.29) is 12.4 Å². The van der Waals surface area contributed by atoms with Crippen molar-refractivity contribution in [2.75, 3.05) is 13.2 Å². The van der Waals surface area contributed by atoms with Crippen molar-refractivity contribution in [3.8, 4) is 17.2 Å². The second-order valence-electron chi connectivity index (χ2n) is 7.39. The first-order valence-electron chi connectivity index (χ1n) is 10.4. The van der Waals surface area contributed by atoms with Crippen LogP contribution in [-0.4, -0.2) is 18.3 Å². The van der Waals surface area contributed by atoms with Crippen LogP contribution in [0.4, 0.5) is 0 Å². The molecule has 0 bridgehead atoms. The molecule has 0 unspecified atom stereocenters. The fourth-order valence-corrected chi connectivity index (χ4v) is 2.92. The molecule has 0 radical (unpaired) electrons. The van der Waals surface area contributed by atoms with Gasteiger partial charge < -0.3 is 19.0 Å². The zero-order valence-electron chi connectivity index (χ0n) is 18.4. The number of benzene rings is 1. The second-order valence-corrected chi connectivity index (χ2v) is 7.39. The van der Waals surface area contributed by atoms with Gasteiger partial charge in [0.05, 0.1) is 6.61 Å². The zero-order chi connectivity index (χ0) is 21.9. The minimum absolute atomic E-state index is 0.0919. The third-order valence-electron chi connectivity index (χ3n) is 4.52. The van der Waals surface area contributed by atoms with Crippen molar-refractivity contribution < 1.29 is 19.0 Å². The molecular weight excluding hydrogens is 380 g/mol. The molecule has 0 aliphatic carbocycles. The highest BCUT2D eigenvalue weighted by Crippen LogP contribution is 2.38. The van der Waals surface area contributed by atoms with Gasteiger partial charge in [0.2, 0.25) is 5.75 Å². The molecule has 5 nitrogen and oxygen atoms in total. The molecule has 5 heteroatoms. The van der Waals surface area contributed by atoms with Crippen LogP contribution < -0.4 is 15.1 Å². The topological polar surface area (TPSA) is 68.9 Å². The largest absolute Gasteiger partial charge is 0.499 e. The summed E-state index contributed by atoms with van der Waals surface area (Å²) in [6.07, 6.45) is 11.9. The van der Waals surface area contributed by atoms with E-state index in [0.29, 0.717) is 23.3 Å². The van der Waals surface area contributed by atoms with Gasteiger partial charge in [0.25, 0.3) is 0 Å². The van der Waals surface area contributed by atoms with E-state index in [4.69, 9.17) is 13.9 Å². The van der Waals surface area contributed by atoms with Gasteiger partial charge in [-0.1, -0.05) is 42.4 Å². The third-order valence-corrected chi connectivity index (χ3v) is 4.52. The van der Waals surface area contributed by atoms with E-state index < -0.39 is 11.4 Å². The zero-order valence-corrected chi connectivity index (χ0v) is 18.4. The normalized spacial score (nSPS) is 11.8. The van der Waals surface area contributed by atoms with E-state index in [1.54, 1.807) is 18.2 Å². The highest BCUT2D eigenvalue weighted by atomic mass is 16.5. The molecule has 0 saturated carbocycles. The summed E-state index contributed by atoms with van der Waals surface area (Å²) in [7, 11) is 0. The fraction of sp³-hybridized carbons (Fsp3) is 0.400. The molecule has 2 rings (SSSR count). The lowest BCUT2D eigenvalue weighted by atomic mass is 10.1. The Morgan fingerprint density at radius 2 is 1.90 bits per heavy atom. The Balaban J connectivity index is 2.22. The SMILES string of the molecule is CC/C=C/CCOc1cccc2oc(=O)c(O)c(OC/C=C(\C)CCC=C(C)C)c12. The third kappa shape index (κ3) is 6.83. The van der Waals surface area contributed by atoms with E-state index in [2.05, 4.69) is 39.0 Å².